The third kappa shape index (κ3) is 3.92. The number of aromatic nitrogens is 2. The van der Waals surface area contributed by atoms with Crippen LogP contribution in [0.3, 0.4) is 0 Å². The van der Waals surface area contributed by atoms with E-state index in [0.29, 0.717) is 41.2 Å². The molecule has 1 fully saturated rings. The number of amides is 1. The summed E-state index contributed by atoms with van der Waals surface area (Å²) in [6, 6.07) is 5.39. The van der Waals surface area contributed by atoms with Crippen LogP contribution in [0.5, 0.6) is 5.75 Å². The van der Waals surface area contributed by atoms with E-state index in [1.165, 1.54) is 4.90 Å². The average Bonchev–Trinajstić information content (AvgIpc) is 3.30. The van der Waals surface area contributed by atoms with Gasteiger partial charge in [-0.3, -0.25) is 4.79 Å². The van der Waals surface area contributed by atoms with Gasteiger partial charge >= 0.3 is 0 Å². The molecule has 8 heteroatoms. The third-order valence-corrected chi connectivity index (χ3v) is 5.54. The molecule has 30 heavy (non-hydrogen) atoms. The molecule has 8 nitrogen and oxygen atoms in total. The summed E-state index contributed by atoms with van der Waals surface area (Å²) >= 11 is 0. The molecule has 2 heterocycles. The van der Waals surface area contributed by atoms with Crippen molar-refractivity contribution >= 4 is 5.91 Å². The van der Waals surface area contributed by atoms with Crippen molar-refractivity contribution in [1.82, 2.24) is 14.5 Å². The molecule has 1 aliphatic heterocycles. The number of imidazole rings is 1. The number of aliphatic hydroxyl groups is 2. The van der Waals surface area contributed by atoms with Crippen LogP contribution in [0, 0.1) is 11.8 Å². The first-order chi connectivity index (χ1) is 14.3. The fourth-order valence-electron chi connectivity index (χ4n) is 3.88. The molecule has 0 saturated heterocycles. The maximum absolute atomic E-state index is 12.6. The molecule has 1 saturated carbocycles. The van der Waals surface area contributed by atoms with Gasteiger partial charge in [-0.1, -0.05) is 11.8 Å². The van der Waals surface area contributed by atoms with E-state index >= 15 is 0 Å². The van der Waals surface area contributed by atoms with Crippen LogP contribution in [-0.2, 0) is 11.3 Å². The third-order valence-electron chi connectivity index (χ3n) is 5.54. The Bertz CT molecular complexity index is 1030. The minimum absolute atomic E-state index is 0.176. The molecule has 2 unspecified atom stereocenters. The Labute approximate surface area is 175 Å². The lowest BCUT2D eigenvalue weighted by Gasteiger charge is -2.20. The molecule has 1 aromatic carbocycles. The van der Waals surface area contributed by atoms with Crippen molar-refractivity contribution in [3.05, 3.63) is 35.7 Å². The monoisotopic (exact) mass is 410 g/mol. The number of carbonyl (C=O) groups is 1. The highest BCUT2D eigenvalue weighted by Gasteiger charge is 2.31. The molecule has 1 amide bonds. The van der Waals surface area contributed by atoms with Crippen LogP contribution in [-0.4, -0.2) is 56.4 Å². The van der Waals surface area contributed by atoms with Crippen LogP contribution in [0.15, 0.2) is 24.4 Å². The summed E-state index contributed by atoms with van der Waals surface area (Å²) in [5.74, 6) is 6.94. The summed E-state index contributed by atoms with van der Waals surface area (Å²) in [5, 5.41) is 20.3. The minimum atomic E-state index is -1.23. The zero-order valence-corrected chi connectivity index (χ0v) is 17.1. The number of hydrogen-bond acceptors (Lipinski definition) is 6. The van der Waals surface area contributed by atoms with Crippen LogP contribution in [0.25, 0.3) is 11.4 Å². The quantitative estimate of drug-likeness (QED) is 0.503. The van der Waals surface area contributed by atoms with Crippen molar-refractivity contribution < 1.29 is 19.7 Å². The van der Waals surface area contributed by atoms with Crippen molar-refractivity contribution in [2.24, 2.45) is 5.73 Å². The molecule has 2 atom stereocenters. The topological polar surface area (TPSA) is 114 Å². The van der Waals surface area contributed by atoms with E-state index in [-0.39, 0.29) is 12.5 Å². The smallest absolute Gasteiger partial charge is 0.265 e. The second kappa shape index (κ2) is 7.76. The van der Waals surface area contributed by atoms with Crippen molar-refractivity contribution in [1.29, 1.82) is 0 Å². The van der Waals surface area contributed by atoms with Gasteiger partial charge in [-0.15, -0.1) is 0 Å². The summed E-state index contributed by atoms with van der Waals surface area (Å²) in [5.41, 5.74) is 6.36. The maximum Gasteiger partial charge on any atom is 0.265 e. The minimum Gasteiger partial charge on any atom is -0.478 e. The van der Waals surface area contributed by atoms with Crippen molar-refractivity contribution in [2.75, 3.05) is 14.1 Å². The Kier molecular flexibility index (Phi) is 5.28. The summed E-state index contributed by atoms with van der Waals surface area (Å²) in [4.78, 5) is 18.6. The van der Waals surface area contributed by atoms with E-state index in [0.717, 1.165) is 12.8 Å². The van der Waals surface area contributed by atoms with Gasteiger partial charge in [-0.25, -0.2) is 4.98 Å². The Balaban J connectivity index is 1.77. The Morgan fingerprint density at radius 2 is 2.13 bits per heavy atom. The first-order valence-electron chi connectivity index (χ1n) is 10.0. The molecule has 1 aromatic heterocycles. The molecule has 1 aliphatic carbocycles. The van der Waals surface area contributed by atoms with Crippen molar-refractivity contribution in [3.8, 4) is 29.0 Å². The first-order valence-corrected chi connectivity index (χ1v) is 10.0. The number of nitrogens with two attached hydrogens (primary N) is 1. The molecule has 0 radical (unpaired) electrons. The van der Waals surface area contributed by atoms with Gasteiger partial charge in [0.05, 0.1) is 12.1 Å². The highest BCUT2D eigenvalue weighted by atomic mass is 16.5. The van der Waals surface area contributed by atoms with Crippen LogP contribution < -0.4 is 10.5 Å². The summed E-state index contributed by atoms with van der Waals surface area (Å²) in [6.07, 6.45) is 2.99. The molecule has 4 N–H and O–H groups in total. The van der Waals surface area contributed by atoms with Gasteiger partial charge in [0.2, 0.25) is 0 Å². The SMILES string of the molecule is CN(C)C(=O)C1Cn2cc(C(N)O)nc2-c2cc(C#CC3(O)CCCC3)ccc2O1. The van der Waals surface area contributed by atoms with E-state index in [2.05, 4.69) is 16.8 Å². The Morgan fingerprint density at radius 3 is 2.80 bits per heavy atom. The van der Waals surface area contributed by atoms with Crippen LogP contribution in [0.2, 0.25) is 0 Å². The molecule has 2 aromatic rings. The number of rotatable bonds is 2. The van der Waals surface area contributed by atoms with E-state index in [4.69, 9.17) is 10.5 Å². The molecule has 0 bridgehead atoms. The largest absolute Gasteiger partial charge is 0.478 e. The number of carbonyl (C=O) groups excluding carboxylic acids is 1. The summed E-state index contributed by atoms with van der Waals surface area (Å²) < 4.78 is 7.80. The van der Waals surface area contributed by atoms with Crippen molar-refractivity contribution in [2.45, 2.75) is 50.2 Å². The lowest BCUT2D eigenvalue weighted by atomic mass is 10.0. The lowest BCUT2D eigenvalue weighted by Crippen LogP contribution is -2.39. The molecular weight excluding hydrogens is 384 g/mol. The van der Waals surface area contributed by atoms with Gasteiger partial charge in [0.15, 0.2) is 6.10 Å². The number of aliphatic hydroxyl groups excluding tert-OH is 1. The molecule has 2 aliphatic rings. The Morgan fingerprint density at radius 1 is 1.40 bits per heavy atom. The molecule has 158 valence electrons. The zero-order valence-electron chi connectivity index (χ0n) is 17.1. The van der Waals surface area contributed by atoms with E-state index in [9.17, 15) is 15.0 Å². The normalized spacial score (nSPS) is 20.1. The van der Waals surface area contributed by atoms with Crippen molar-refractivity contribution in [3.63, 3.8) is 0 Å². The van der Waals surface area contributed by atoms with Gasteiger partial charge in [0.25, 0.3) is 5.91 Å². The lowest BCUT2D eigenvalue weighted by molar-refractivity contribution is -0.136. The Hall–Kier alpha value is -2.86. The van der Waals surface area contributed by atoms with E-state index in [1.54, 1.807) is 37.0 Å². The highest BCUT2D eigenvalue weighted by molar-refractivity contribution is 5.82. The van der Waals surface area contributed by atoms with Gasteiger partial charge < -0.3 is 30.2 Å². The van der Waals surface area contributed by atoms with Gasteiger partial charge in [-0.05, 0) is 43.9 Å². The number of hydrogen-bond donors (Lipinski definition) is 3. The number of benzene rings is 1. The molecular formula is C22H26N4O4. The van der Waals surface area contributed by atoms with Crippen LogP contribution in [0.1, 0.15) is 43.2 Å². The standard InChI is InChI=1S/C22H26N4O4/c1-25(2)21(28)18-13-26-12-16(19(23)27)24-20(26)15-11-14(5-6-17(15)30-18)7-10-22(29)8-3-4-9-22/h5-6,11-12,18-19,27,29H,3-4,8-9,13,23H2,1-2H3. The number of nitrogens with zero attached hydrogens (tertiary/aromatic N) is 3. The van der Waals surface area contributed by atoms with Crippen LogP contribution >= 0.6 is 0 Å². The second-order valence-electron chi connectivity index (χ2n) is 8.13. The maximum atomic E-state index is 12.6. The summed E-state index contributed by atoms with van der Waals surface area (Å²) in [7, 11) is 3.35. The van der Waals surface area contributed by atoms with E-state index in [1.807, 2.05) is 6.07 Å². The van der Waals surface area contributed by atoms with Gasteiger partial charge in [0, 0.05) is 25.9 Å². The molecule has 4 rings (SSSR count). The zero-order chi connectivity index (χ0) is 21.5. The molecule has 0 spiro atoms. The number of likely N-dealkylation sites (N-methyl/N-ethyl adjacent to an activating group) is 1. The average molecular weight is 410 g/mol. The fourth-order valence-corrected chi connectivity index (χ4v) is 3.88. The number of ether oxygens (including phenoxy) is 1. The first kappa shape index (κ1) is 20.4. The van der Waals surface area contributed by atoms with Gasteiger partial charge in [-0.2, -0.15) is 0 Å². The highest BCUT2D eigenvalue weighted by Crippen LogP contribution is 2.35. The van der Waals surface area contributed by atoms with E-state index < -0.39 is 17.9 Å². The second-order valence-corrected chi connectivity index (χ2v) is 8.13. The fraction of sp³-hybridized carbons (Fsp3) is 0.455. The number of fused-ring (bicyclic) bond motifs is 3. The van der Waals surface area contributed by atoms with Gasteiger partial charge in [0.1, 0.15) is 29.1 Å². The predicted molar refractivity (Wildman–Crippen MR) is 110 cm³/mol. The summed E-state index contributed by atoms with van der Waals surface area (Å²) in [6.45, 7) is 0.238. The van der Waals surface area contributed by atoms with Crippen LogP contribution in [0.4, 0.5) is 0 Å². The predicted octanol–water partition coefficient (Wildman–Crippen LogP) is 1.01.